The van der Waals surface area contributed by atoms with Crippen LogP contribution in [0.5, 0.6) is 5.88 Å². The van der Waals surface area contributed by atoms with Crippen molar-refractivity contribution in [2.24, 2.45) is 0 Å². The molecule has 0 aliphatic heterocycles. The van der Waals surface area contributed by atoms with Crippen molar-refractivity contribution in [2.75, 3.05) is 0 Å². The molecule has 1 fully saturated rings. The van der Waals surface area contributed by atoms with Gasteiger partial charge in [0.1, 0.15) is 12.4 Å². The van der Waals surface area contributed by atoms with Crippen LogP contribution >= 0.6 is 0 Å². The first kappa shape index (κ1) is 14.6. The highest BCUT2D eigenvalue weighted by Crippen LogP contribution is 2.23. The molecule has 1 aliphatic rings. The first-order valence-corrected chi connectivity index (χ1v) is 7.63. The minimum absolute atomic E-state index is 0.0710. The number of carbonyl (C=O) groups is 1. The summed E-state index contributed by atoms with van der Waals surface area (Å²) >= 11 is 0. The number of nitrogens with zero attached hydrogens (tertiary/aromatic N) is 1. The van der Waals surface area contributed by atoms with Crippen molar-refractivity contribution in [3.63, 3.8) is 0 Å². The zero-order valence-electron chi connectivity index (χ0n) is 12.6. The molecule has 2 aromatic heterocycles. The fourth-order valence-corrected chi connectivity index (χ4v) is 2.68. The lowest BCUT2D eigenvalue weighted by Crippen LogP contribution is -2.39. The van der Waals surface area contributed by atoms with Crippen molar-refractivity contribution < 1.29 is 13.9 Å². The molecule has 2 heterocycles. The standard InChI is InChI=1S/C17H20N2O3/c1-12-2-7-16(18-10-12)22-15-5-3-14(4-6-15)19-17(20)13-8-9-21-11-13/h2,7-11,14-15H,3-6H2,1H3,(H,19,20). The maximum atomic E-state index is 12.0. The van der Waals surface area contributed by atoms with E-state index >= 15 is 0 Å². The third kappa shape index (κ3) is 3.67. The summed E-state index contributed by atoms with van der Waals surface area (Å²) in [5.74, 6) is 0.606. The maximum Gasteiger partial charge on any atom is 0.254 e. The minimum atomic E-state index is -0.0710. The van der Waals surface area contributed by atoms with Crippen LogP contribution in [0.2, 0.25) is 0 Å². The number of rotatable bonds is 4. The van der Waals surface area contributed by atoms with Crippen molar-refractivity contribution in [1.29, 1.82) is 0 Å². The van der Waals surface area contributed by atoms with Crippen LogP contribution in [0.3, 0.4) is 0 Å². The van der Waals surface area contributed by atoms with Crippen molar-refractivity contribution in [2.45, 2.75) is 44.8 Å². The van der Waals surface area contributed by atoms with E-state index in [2.05, 4.69) is 10.3 Å². The smallest absolute Gasteiger partial charge is 0.254 e. The van der Waals surface area contributed by atoms with Gasteiger partial charge in [-0.05, 0) is 44.2 Å². The van der Waals surface area contributed by atoms with E-state index in [-0.39, 0.29) is 18.1 Å². The van der Waals surface area contributed by atoms with Crippen LogP contribution in [-0.4, -0.2) is 23.0 Å². The molecule has 0 atom stereocenters. The third-order valence-electron chi connectivity index (χ3n) is 3.96. The lowest BCUT2D eigenvalue weighted by molar-refractivity contribution is 0.0889. The Morgan fingerprint density at radius 3 is 2.73 bits per heavy atom. The molecule has 0 radical (unpaired) electrons. The molecule has 116 valence electrons. The van der Waals surface area contributed by atoms with E-state index in [1.54, 1.807) is 6.07 Å². The monoisotopic (exact) mass is 300 g/mol. The summed E-state index contributed by atoms with van der Waals surface area (Å²) in [5, 5.41) is 3.04. The van der Waals surface area contributed by atoms with E-state index in [1.165, 1.54) is 12.5 Å². The van der Waals surface area contributed by atoms with Crippen molar-refractivity contribution in [3.05, 3.63) is 48.0 Å². The largest absolute Gasteiger partial charge is 0.474 e. The first-order chi connectivity index (χ1) is 10.7. The number of nitrogens with one attached hydrogen (secondary N) is 1. The summed E-state index contributed by atoms with van der Waals surface area (Å²) in [7, 11) is 0. The maximum absolute atomic E-state index is 12.0. The first-order valence-electron chi connectivity index (χ1n) is 7.63. The Balaban J connectivity index is 1.46. The van der Waals surface area contributed by atoms with Gasteiger partial charge in [0, 0.05) is 18.3 Å². The van der Waals surface area contributed by atoms with Crippen LogP contribution in [0, 0.1) is 6.92 Å². The van der Waals surface area contributed by atoms with E-state index in [9.17, 15) is 4.79 Å². The topological polar surface area (TPSA) is 64.4 Å². The van der Waals surface area contributed by atoms with Crippen LogP contribution in [0.1, 0.15) is 41.6 Å². The Morgan fingerprint density at radius 2 is 2.09 bits per heavy atom. The SMILES string of the molecule is Cc1ccc(OC2CCC(NC(=O)c3ccoc3)CC2)nc1. The van der Waals surface area contributed by atoms with Gasteiger partial charge in [-0.2, -0.15) is 0 Å². The van der Waals surface area contributed by atoms with E-state index in [0.29, 0.717) is 11.4 Å². The Bertz CT molecular complexity index is 599. The van der Waals surface area contributed by atoms with Gasteiger partial charge in [0.25, 0.3) is 5.91 Å². The highest BCUT2D eigenvalue weighted by atomic mass is 16.5. The summed E-state index contributed by atoms with van der Waals surface area (Å²) in [6.07, 6.45) is 8.64. The number of carbonyl (C=O) groups excluding carboxylic acids is 1. The van der Waals surface area contributed by atoms with Crippen molar-refractivity contribution in [1.82, 2.24) is 10.3 Å². The number of aromatic nitrogens is 1. The highest BCUT2D eigenvalue weighted by molar-refractivity contribution is 5.93. The summed E-state index contributed by atoms with van der Waals surface area (Å²) in [6, 6.07) is 5.78. The molecule has 0 aromatic carbocycles. The predicted molar refractivity (Wildman–Crippen MR) is 81.8 cm³/mol. The second kappa shape index (κ2) is 6.64. The Morgan fingerprint density at radius 1 is 1.27 bits per heavy atom. The molecule has 0 unspecified atom stereocenters. The van der Waals surface area contributed by atoms with Crippen molar-refractivity contribution >= 4 is 5.91 Å². The van der Waals surface area contributed by atoms with Gasteiger partial charge in [-0.15, -0.1) is 0 Å². The summed E-state index contributed by atoms with van der Waals surface area (Å²) in [6.45, 7) is 2.00. The molecular formula is C17H20N2O3. The molecule has 0 bridgehead atoms. The lowest BCUT2D eigenvalue weighted by atomic mass is 9.93. The highest BCUT2D eigenvalue weighted by Gasteiger charge is 2.24. The van der Waals surface area contributed by atoms with Crippen LogP contribution in [-0.2, 0) is 0 Å². The Kier molecular flexibility index (Phi) is 4.42. The molecule has 5 nitrogen and oxygen atoms in total. The Hall–Kier alpha value is -2.30. The number of ether oxygens (including phenoxy) is 1. The lowest BCUT2D eigenvalue weighted by Gasteiger charge is -2.29. The van der Waals surface area contributed by atoms with Gasteiger partial charge >= 0.3 is 0 Å². The van der Waals surface area contributed by atoms with Gasteiger partial charge in [0.15, 0.2) is 0 Å². The molecule has 3 rings (SSSR count). The van der Waals surface area contributed by atoms with Gasteiger partial charge in [-0.1, -0.05) is 6.07 Å². The average molecular weight is 300 g/mol. The molecule has 0 saturated heterocycles. The number of pyridine rings is 1. The van der Waals surface area contributed by atoms with Crippen LogP contribution in [0.15, 0.2) is 41.3 Å². The van der Waals surface area contributed by atoms with Gasteiger partial charge < -0.3 is 14.5 Å². The zero-order valence-corrected chi connectivity index (χ0v) is 12.6. The molecule has 22 heavy (non-hydrogen) atoms. The molecule has 1 saturated carbocycles. The molecule has 0 spiro atoms. The molecule has 1 amide bonds. The van der Waals surface area contributed by atoms with E-state index < -0.39 is 0 Å². The number of aryl methyl sites for hydroxylation is 1. The molecular weight excluding hydrogens is 280 g/mol. The van der Waals surface area contributed by atoms with Gasteiger partial charge in [0.05, 0.1) is 11.8 Å². The van der Waals surface area contributed by atoms with Crippen LogP contribution in [0.25, 0.3) is 0 Å². The summed E-state index contributed by atoms with van der Waals surface area (Å²) in [5.41, 5.74) is 1.69. The minimum Gasteiger partial charge on any atom is -0.474 e. The number of hydrogen-bond donors (Lipinski definition) is 1. The van der Waals surface area contributed by atoms with E-state index in [1.807, 2.05) is 25.3 Å². The molecule has 1 aliphatic carbocycles. The normalized spacial score (nSPS) is 21.3. The summed E-state index contributed by atoms with van der Waals surface area (Å²) in [4.78, 5) is 16.2. The molecule has 5 heteroatoms. The Labute approximate surface area is 129 Å². The number of amides is 1. The van der Waals surface area contributed by atoms with E-state index in [0.717, 1.165) is 31.2 Å². The van der Waals surface area contributed by atoms with Crippen LogP contribution in [0.4, 0.5) is 0 Å². The average Bonchev–Trinajstić information content (AvgIpc) is 3.06. The number of hydrogen-bond acceptors (Lipinski definition) is 4. The third-order valence-corrected chi connectivity index (χ3v) is 3.96. The van der Waals surface area contributed by atoms with Crippen molar-refractivity contribution in [3.8, 4) is 5.88 Å². The fraction of sp³-hybridized carbons (Fsp3) is 0.412. The van der Waals surface area contributed by atoms with Gasteiger partial charge in [-0.3, -0.25) is 4.79 Å². The zero-order chi connectivity index (χ0) is 15.4. The van der Waals surface area contributed by atoms with Crippen LogP contribution < -0.4 is 10.1 Å². The van der Waals surface area contributed by atoms with Gasteiger partial charge in [0.2, 0.25) is 5.88 Å². The van der Waals surface area contributed by atoms with E-state index in [4.69, 9.17) is 9.15 Å². The molecule has 1 N–H and O–H groups in total. The predicted octanol–water partition coefficient (Wildman–Crippen LogP) is 3.10. The van der Waals surface area contributed by atoms with Gasteiger partial charge in [-0.25, -0.2) is 4.98 Å². The fourth-order valence-electron chi connectivity index (χ4n) is 2.68. The quantitative estimate of drug-likeness (QED) is 0.942. The second-order valence-corrected chi connectivity index (χ2v) is 5.75. The molecule has 2 aromatic rings. The number of furan rings is 1. The summed E-state index contributed by atoms with van der Waals surface area (Å²) < 4.78 is 10.8. The second-order valence-electron chi connectivity index (χ2n) is 5.75.